The highest BCUT2D eigenvalue weighted by Gasteiger charge is 2.35. The van der Waals surface area contributed by atoms with Crippen molar-refractivity contribution in [3.8, 4) is 5.75 Å². The Bertz CT molecular complexity index is 862. The Labute approximate surface area is 194 Å². The van der Waals surface area contributed by atoms with E-state index < -0.39 is 0 Å². The fourth-order valence-corrected chi connectivity index (χ4v) is 6.17. The van der Waals surface area contributed by atoms with Crippen LogP contribution in [0.2, 0.25) is 0 Å². The average Bonchev–Trinajstić information content (AvgIpc) is 2.86. The van der Waals surface area contributed by atoms with Gasteiger partial charge in [0.15, 0.2) is 0 Å². The minimum absolute atomic E-state index is 0.734. The first kappa shape index (κ1) is 21.8. The van der Waals surface area contributed by atoms with Gasteiger partial charge in [0, 0.05) is 37.9 Å². The van der Waals surface area contributed by atoms with Crippen molar-refractivity contribution in [2.45, 2.75) is 44.6 Å². The van der Waals surface area contributed by atoms with Gasteiger partial charge in [0.1, 0.15) is 5.75 Å². The lowest BCUT2D eigenvalue weighted by atomic mass is 9.75. The van der Waals surface area contributed by atoms with Crippen molar-refractivity contribution in [2.24, 2.45) is 5.92 Å². The topological polar surface area (TPSA) is 19.0 Å². The Morgan fingerprint density at radius 2 is 1.66 bits per heavy atom. The molecule has 0 aromatic heterocycles. The summed E-state index contributed by atoms with van der Waals surface area (Å²) in [7, 11) is 1.78. The van der Waals surface area contributed by atoms with Crippen LogP contribution in [0.3, 0.4) is 0 Å². The van der Waals surface area contributed by atoms with E-state index in [2.05, 4.69) is 63.2 Å². The Kier molecular flexibility index (Phi) is 6.99. The van der Waals surface area contributed by atoms with Crippen molar-refractivity contribution in [3.05, 3.63) is 59.7 Å². The summed E-state index contributed by atoms with van der Waals surface area (Å²) < 4.78 is 5.49. The number of piperidine rings is 1. The number of unbranched alkanes of at least 4 members (excludes halogenated alkanes) is 1. The van der Waals surface area contributed by atoms with Crippen molar-refractivity contribution >= 4 is 5.69 Å². The van der Waals surface area contributed by atoms with Crippen molar-refractivity contribution in [1.82, 2.24) is 9.80 Å². The summed E-state index contributed by atoms with van der Waals surface area (Å²) in [5, 5.41) is 0. The highest BCUT2D eigenvalue weighted by Crippen LogP contribution is 2.36. The number of anilines is 1. The zero-order valence-corrected chi connectivity index (χ0v) is 19.7. The molecule has 172 valence electrons. The number of likely N-dealkylation sites (tertiary alicyclic amines) is 1. The molecule has 5 rings (SSSR count). The second kappa shape index (κ2) is 10.3. The molecule has 1 aliphatic carbocycles. The van der Waals surface area contributed by atoms with Gasteiger partial charge >= 0.3 is 0 Å². The Morgan fingerprint density at radius 1 is 0.844 bits per heavy atom. The lowest BCUT2D eigenvalue weighted by Crippen LogP contribution is -2.49. The second-order valence-corrected chi connectivity index (χ2v) is 9.92. The predicted octanol–water partition coefficient (Wildman–Crippen LogP) is 4.48. The summed E-state index contributed by atoms with van der Waals surface area (Å²) in [6, 6.07) is 18.3. The van der Waals surface area contributed by atoms with E-state index in [1.54, 1.807) is 12.7 Å². The fraction of sp³-hybridized carbons (Fsp3) is 0.571. The molecule has 0 saturated carbocycles. The maximum atomic E-state index is 5.49. The maximum absolute atomic E-state index is 5.49. The normalized spacial score (nSPS) is 24.1. The molecule has 0 spiro atoms. The number of hydrogen-bond acceptors (Lipinski definition) is 4. The van der Waals surface area contributed by atoms with Crippen LogP contribution in [-0.2, 0) is 12.8 Å². The van der Waals surface area contributed by atoms with Crippen LogP contribution in [0.5, 0.6) is 5.75 Å². The number of fused-ring (bicyclic) bond motifs is 2. The van der Waals surface area contributed by atoms with E-state index in [-0.39, 0.29) is 0 Å². The molecule has 2 heterocycles. The average molecular weight is 434 g/mol. The molecule has 32 heavy (non-hydrogen) atoms. The minimum atomic E-state index is 0.734. The molecule has 2 aliphatic heterocycles. The molecule has 4 nitrogen and oxygen atoms in total. The number of hydrogen-bond donors (Lipinski definition) is 0. The van der Waals surface area contributed by atoms with E-state index >= 15 is 0 Å². The van der Waals surface area contributed by atoms with Gasteiger partial charge in [0.05, 0.1) is 7.11 Å². The molecule has 0 N–H and O–H groups in total. The van der Waals surface area contributed by atoms with Gasteiger partial charge in [-0.15, -0.1) is 0 Å². The van der Waals surface area contributed by atoms with Gasteiger partial charge in [0.25, 0.3) is 0 Å². The number of piperazine rings is 1. The summed E-state index contributed by atoms with van der Waals surface area (Å²) in [5.74, 6) is 1.85. The number of para-hydroxylation sites is 1. The van der Waals surface area contributed by atoms with Gasteiger partial charge in [-0.05, 0) is 99.5 Å². The van der Waals surface area contributed by atoms with Crippen molar-refractivity contribution in [3.63, 3.8) is 0 Å². The summed E-state index contributed by atoms with van der Waals surface area (Å²) in [4.78, 5) is 8.02. The van der Waals surface area contributed by atoms with E-state index in [4.69, 9.17) is 4.74 Å². The molecule has 0 radical (unpaired) electrons. The molecule has 2 atom stereocenters. The van der Waals surface area contributed by atoms with Crippen LogP contribution in [0.4, 0.5) is 5.69 Å². The van der Waals surface area contributed by atoms with E-state index in [1.807, 2.05) is 0 Å². The van der Waals surface area contributed by atoms with Gasteiger partial charge < -0.3 is 9.64 Å². The highest BCUT2D eigenvalue weighted by atomic mass is 16.5. The monoisotopic (exact) mass is 433 g/mol. The zero-order chi connectivity index (χ0) is 21.8. The molecule has 2 fully saturated rings. The summed E-state index contributed by atoms with van der Waals surface area (Å²) in [6.45, 7) is 8.51. The van der Waals surface area contributed by atoms with Crippen LogP contribution >= 0.6 is 0 Å². The molecule has 2 aromatic carbocycles. The van der Waals surface area contributed by atoms with E-state index in [0.29, 0.717) is 0 Å². The number of rotatable bonds is 7. The standard InChI is InChI=1S/C28H39N3O/c1-32-27-12-11-23-20-24-8-7-15-31(28(24)22-25(23)21-27)14-6-5-13-29-16-18-30(19-17-29)26-9-3-2-4-10-26/h2-4,9-12,21,24,28H,5-8,13-20,22H2,1H3/t24-,28-/m0/s1. The number of ether oxygens (including phenoxy) is 1. The maximum Gasteiger partial charge on any atom is 0.119 e. The molecular formula is C28H39N3O. The third-order valence-corrected chi connectivity index (χ3v) is 8.02. The molecule has 3 aliphatic rings. The van der Waals surface area contributed by atoms with Gasteiger partial charge in [-0.3, -0.25) is 9.80 Å². The third-order valence-electron chi connectivity index (χ3n) is 8.02. The molecule has 2 aromatic rings. The smallest absolute Gasteiger partial charge is 0.119 e. The lowest BCUT2D eigenvalue weighted by molar-refractivity contribution is 0.0825. The molecule has 0 unspecified atom stereocenters. The Hall–Kier alpha value is -2.04. The van der Waals surface area contributed by atoms with E-state index in [1.165, 1.54) is 82.5 Å². The Balaban J connectivity index is 1.07. The van der Waals surface area contributed by atoms with Crippen LogP contribution in [0, 0.1) is 5.92 Å². The van der Waals surface area contributed by atoms with E-state index in [9.17, 15) is 0 Å². The summed E-state index contributed by atoms with van der Waals surface area (Å²) in [5.41, 5.74) is 4.45. The van der Waals surface area contributed by atoms with Crippen LogP contribution in [0.1, 0.15) is 36.8 Å². The van der Waals surface area contributed by atoms with Crippen LogP contribution < -0.4 is 9.64 Å². The first-order chi connectivity index (χ1) is 15.8. The van der Waals surface area contributed by atoms with Gasteiger partial charge in [-0.25, -0.2) is 0 Å². The van der Waals surface area contributed by atoms with Gasteiger partial charge in [-0.2, -0.15) is 0 Å². The SMILES string of the molecule is COc1ccc2c(c1)C[C@H]1[C@@H](CCCN1CCCCN1CCN(c3ccccc3)CC1)C2. The molecule has 4 heteroatoms. The molecular weight excluding hydrogens is 394 g/mol. The van der Waals surface area contributed by atoms with Crippen molar-refractivity contribution in [1.29, 1.82) is 0 Å². The van der Waals surface area contributed by atoms with Crippen LogP contribution in [0.25, 0.3) is 0 Å². The van der Waals surface area contributed by atoms with Gasteiger partial charge in [-0.1, -0.05) is 24.3 Å². The number of benzene rings is 2. The quantitative estimate of drug-likeness (QED) is 0.600. The van der Waals surface area contributed by atoms with Crippen LogP contribution in [-0.4, -0.2) is 68.8 Å². The molecule has 0 bridgehead atoms. The second-order valence-electron chi connectivity index (χ2n) is 9.92. The third kappa shape index (κ3) is 4.97. The number of nitrogens with zero attached hydrogens (tertiary/aromatic N) is 3. The van der Waals surface area contributed by atoms with Crippen molar-refractivity contribution in [2.75, 3.05) is 57.8 Å². The first-order valence-corrected chi connectivity index (χ1v) is 12.7. The van der Waals surface area contributed by atoms with Gasteiger partial charge in [0.2, 0.25) is 0 Å². The lowest BCUT2D eigenvalue weighted by Gasteiger charge is -2.45. The van der Waals surface area contributed by atoms with E-state index in [0.717, 1.165) is 30.8 Å². The highest BCUT2D eigenvalue weighted by molar-refractivity contribution is 5.46. The van der Waals surface area contributed by atoms with Crippen molar-refractivity contribution < 1.29 is 4.74 Å². The summed E-state index contributed by atoms with van der Waals surface area (Å²) in [6.07, 6.45) is 7.88. The molecule has 2 saturated heterocycles. The largest absolute Gasteiger partial charge is 0.497 e. The zero-order valence-electron chi connectivity index (χ0n) is 19.7. The fourth-order valence-electron chi connectivity index (χ4n) is 6.17. The predicted molar refractivity (Wildman–Crippen MR) is 133 cm³/mol. The Morgan fingerprint density at radius 3 is 2.47 bits per heavy atom. The molecule has 0 amide bonds. The van der Waals surface area contributed by atoms with Crippen LogP contribution in [0.15, 0.2) is 48.5 Å². The summed E-state index contributed by atoms with van der Waals surface area (Å²) >= 11 is 0. The minimum Gasteiger partial charge on any atom is -0.497 e. The number of methoxy groups -OCH3 is 1. The first-order valence-electron chi connectivity index (χ1n) is 12.7.